The van der Waals surface area contributed by atoms with Gasteiger partial charge < -0.3 is 18.9 Å². The van der Waals surface area contributed by atoms with Crippen molar-refractivity contribution in [2.75, 3.05) is 47.5 Å². The second kappa shape index (κ2) is 81.1. The van der Waals surface area contributed by atoms with Crippen LogP contribution in [0.25, 0.3) is 0 Å². The van der Waals surface area contributed by atoms with Crippen molar-refractivity contribution in [1.82, 2.24) is 0 Å². The topological polar surface area (TPSA) is 108 Å². The summed E-state index contributed by atoms with van der Waals surface area (Å²) >= 11 is 0. The van der Waals surface area contributed by atoms with Crippen LogP contribution in [0.15, 0.2) is 48.6 Å². The predicted octanol–water partition coefficient (Wildman–Crippen LogP) is 29.9. The molecular weight excluding hydrogens is 1250 g/mol. The van der Waals surface area contributed by atoms with Gasteiger partial charge in [-0.05, 0) is 51.4 Å². The van der Waals surface area contributed by atoms with Gasteiger partial charge in [0, 0.05) is 12.8 Å². The quantitative estimate of drug-likeness (QED) is 0.0211. The number of phosphoric acid groups is 1. The van der Waals surface area contributed by atoms with Crippen LogP contribution in [0.2, 0.25) is 0 Å². The lowest BCUT2D eigenvalue weighted by atomic mass is 10.0. The Balaban J connectivity index is 3.83. The van der Waals surface area contributed by atoms with Crippen LogP contribution in [0.1, 0.15) is 463 Å². The normalized spacial score (nSPS) is 13.1. The van der Waals surface area contributed by atoms with Crippen molar-refractivity contribution >= 4 is 19.8 Å². The lowest BCUT2D eigenvalue weighted by molar-refractivity contribution is -0.870. The summed E-state index contributed by atoms with van der Waals surface area (Å²) in [6.07, 6.45) is 109. The van der Waals surface area contributed by atoms with E-state index in [0.717, 1.165) is 64.2 Å². The summed E-state index contributed by atoms with van der Waals surface area (Å²) in [6, 6.07) is 0. The first-order valence-corrected chi connectivity index (χ1v) is 45.9. The number of rotatable bonds is 84. The first-order chi connectivity index (χ1) is 49.0. The molecule has 10 heteroatoms. The van der Waals surface area contributed by atoms with E-state index in [9.17, 15) is 19.0 Å². The fraction of sp³-hybridized carbons (Fsp3) is 0.889. The molecule has 0 saturated heterocycles. The fourth-order valence-corrected chi connectivity index (χ4v) is 14.4. The van der Waals surface area contributed by atoms with Gasteiger partial charge in [0.2, 0.25) is 0 Å². The molecule has 0 aliphatic rings. The first-order valence-electron chi connectivity index (χ1n) is 44.4. The summed E-state index contributed by atoms with van der Waals surface area (Å²) in [6.45, 7) is 4.42. The third-order valence-corrected chi connectivity index (χ3v) is 21.4. The SMILES string of the molecule is CC/C=C\C/C=C\C/C=C\C/C=C\CCCCCCCCCCCCCCCCCCCCCCCCCCCCCCC(=O)OC(COC(=O)CCCCCCCCCCCCCCCCCCCCCCCCCCCCCCCCCCCCC)COP(=O)(O)OCC[N+](C)(C)C. The van der Waals surface area contributed by atoms with E-state index in [1.165, 1.54) is 372 Å². The summed E-state index contributed by atoms with van der Waals surface area (Å²) in [4.78, 5) is 36.1. The molecule has 0 spiro atoms. The van der Waals surface area contributed by atoms with E-state index in [-0.39, 0.29) is 25.6 Å². The lowest BCUT2D eigenvalue weighted by Gasteiger charge is -2.24. The Morgan fingerprint density at radius 1 is 0.320 bits per heavy atom. The van der Waals surface area contributed by atoms with Crippen LogP contribution in [-0.4, -0.2) is 74.9 Å². The molecule has 0 heterocycles. The van der Waals surface area contributed by atoms with Crippen molar-refractivity contribution in [3.05, 3.63) is 48.6 Å². The minimum absolute atomic E-state index is 0.0359. The van der Waals surface area contributed by atoms with Crippen LogP contribution in [0.5, 0.6) is 0 Å². The lowest BCUT2D eigenvalue weighted by Crippen LogP contribution is -2.37. The molecule has 0 aliphatic heterocycles. The van der Waals surface area contributed by atoms with E-state index in [4.69, 9.17) is 18.5 Å². The maximum atomic E-state index is 12.9. The van der Waals surface area contributed by atoms with E-state index in [0.29, 0.717) is 17.4 Å². The van der Waals surface area contributed by atoms with Crippen LogP contribution < -0.4 is 0 Å². The Morgan fingerprint density at radius 3 is 0.850 bits per heavy atom. The molecule has 0 aromatic heterocycles. The maximum Gasteiger partial charge on any atom is 0.472 e. The van der Waals surface area contributed by atoms with E-state index < -0.39 is 26.5 Å². The van der Waals surface area contributed by atoms with Crippen molar-refractivity contribution < 1.29 is 42.1 Å². The highest BCUT2D eigenvalue weighted by Gasteiger charge is 2.27. The van der Waals surface area contributed by atoms with Gasteiger partial charge in [-0.15, -0.1) is 0 Å². The number of hydrogen-bond acceptors (Lipinski definition) is 7. The van der Waals surface area contributed by atoms with Crippen molar-refractivity contribution in [1.29, 1.82) is 0 Å². The smallest absolute Gasteiger partial charge is 0.462 e. The van der Waals surface area contributed by atoms with Gasteiger partial charge in [0.25, 0.3) is 0 Å². The van der Waals surface area contributed by atoms with Gasteiger partial charge in [0.05, 0.1) is 27.7 Å². The van der Waals surface area contributed by atoms with Crippen LogP contribution in [-0.2, 0) is 32.7 Å². The van der Waals surface area contributed by atoms with Crippen molar-refractivity contribution in [3.63, 3.8) is 0 Å². The van der Waals surface area contributed by atoms with Gasteiger partial charge in [-0.2, -0.15) is 0 Å². The zero-order valence-corrected chi connectivity index (χ0v) is 68.6. The second-order valence-electron chi connectivity index (χ2n) is 31.6. The van der Waals surface area contributed by atoms with E-state index in [1.807, 2.05) is 21.1 Å². The Kier molecular flexibility index (Phi) is 79.4. The number of esters is 2. The van der Waals surface area contributed by atoms with Crippen LogP contribution in [0, 0.1) is 0 Å². The molecule has 9 nitrogen and oxygen atoms in total. The molecular formula is C90H173NO8P+. The number of carbonyl (C=O) groups excluding carboxylic acids is 2. The molecule has 0 amide bonds. The zero-order valence-electron chi connectivity index (χ0n) is 67.7. The molecule has 0 radical (unpaired) electrons. The summed E-state index contributed by atoms with van der Waals surface area (Å²) in [5.74, 6) is -0.767. The van der Waals surface area contributed by atoms with Crippen molar-refractivity contribution in [3.8, 4) is 0 Å². The number of hydrogen-bond donors (Lipinski definition) is 1. The third-order valence-electron chi connectivity index (χ3n) is 20.4. The number of carbonyl (C=O) groups is 2. The van der Waals surface area contributed by atoms with E-state index in [2.05, 4.69) is 62.5 Å². The van der Waals surface area contributed by atoms with E-state index in [1.54, 1.807) is 0 Å². The number of quaternary nitrogens is 1. The van der Waals surface area contributed by atoms with Crippen molar-refractivity contribution in [2.45, 2.75) is 469 Å². The van der Waals surface area contributed by atoms with Crippen molar-refractivity contribution in [2.24, 2.45) is 0 Å². The zero-order chi connectivity index (χ0) is 72.5. The fourth-order valence-electron chi connectivity index (χ4n) is 13.7. The Hall–Kier alpha value is -2.03. The molecule has 0 saturated carbocycles. The molecule has 0 aromatic carbocycles. The number of ether oxygens (including phenoxy) is 2. The molecule has 0 bridgehead atoms. The van der Waals surface area contributed by atoms with Gasteiger partial charge in [0.15, 0.2) is 6.10 Å². The number of unbranched alkanes of at least 4 members (excludes halogenated alkanes) is 62. The summed E-state index contributed by atoms with van der Waals surface area (Å²) in [5, 5.41) is 0. The highest BCUT2D eigenvalue weighted by molar-refractivity contribution is 7.47. The van der Waals surface area contributed by atoms with Gasteiger partial charge in [-0.1, -0.05) is 448 Å². The predicted molar refractivity (Wildman–Crippen MR) is 437 cm³/mol. The van der Waals surface area contributed by atoms with Crippen LogP contribution in [0.3, 0.4) is 0 Å². The van der Waals surface area contributed by atoms with Gasteiger partial charge in [-0.3, -0.25) is 18.6 Å². The van der Waals surface area contributed by atoms with Crippen LogP contribution in [0.4, 0.5) is 0 Å². The number of likely N-dealkylation sites (N-methyl/N-ethyl adjacent to an activating group) is 1. The minimum Gasteiger partial charge on any atom is -0.462 e. The van der Waals surface area contributed by atoms with Gasteiger partial charge in [-0.25, -0.2) is 4.57 Å². The molecule has 2 unspecified atom stereocenters. The molecule has 0 aromatic rings. The number of phosphoric ester groups is 1. The van der Waals surface area contributed by atoms with Gasteiger partial charge >= 0.3 is 19.8 Å². The summed E-state index contributed by atoms with van der Waals surface area (Å²) in [7, 11) is 1.51. The Morgan fingerprint density at radius 2 is 0.570 bits per heavy atom. The minimum atomic E-state index is -4.39. The molecule has 0 aliphatic carbocycles. The van der Waals surface area contributed by atoms with Crippen LogP contribution >= 0.6 is 7.82 Å². The number of allylic oxidation sites excluding steroid dienone is 8. The Labute approximate surface area is 624 Å². The molecule has 0 fully saturated rings. The average molecular weight is 1430 g/mol. The molecule has 2 atom stereocenters. The number of nitrogens with zero attached hydrogens (tertiary/aromatic N) is 1. The summed E-state index contributed by atoms with van der Waals surface area (Å²) < 4.78 is 34.9. The highest BCUT2D eigenvalue weighted by Crippen LogP contribution is 2.43. The third kappa shape index (κ3) is 84.9. The molecule has 590 valence electrons. The Bertz CT molecular complexity index is 1830. The highest BCUT2D eigenvalue weighted by atomic mass is 31.2. The van der Waals surface area contributed by atoms with Gasteiger partial charge in [0.1, 0.15) is 19.8 Å². The standard InChI is InChI=1S/C90H172NO8P/c1-6-8-10-12-14-16-18-20-22-24-26-28-30-32-34-36-38-40-42-43-44-45-46-47-49-51-53-55-57-59-61-63-65-67-69-71-73-75-77-79-81-83-90(93)99-88(87-98-100(94,95)97-85-84-91(3,4)5)86-96-89(92)82-80-78-76-74-72-70-68-66-64-62-60-58-56-54-52-50-48-41-39-37-35-33-31-29-27-25-23-21-19-17-15-13-11-9-7-2/h8,10,14,16,20,22,26,28,88H,6-7,9,11-13,15,17-19,21,23-25,27,29-87H2,1-5H3/p+1/b10-8-,16-14-,22-20-,28-26-. The molecule has 0 rings (SSSR count). The maximum absolute atomic E-state index is 12.9. The molecule has 100 heavy (non-hydrogen) atoms. The molecule has 1 N–H and O–H groups in total. The average Bonchev–Trinajstić information content (AvgIpc) is 1.30. The summed E-state index contributed by atoms with van der Waals surface area (Å²) in [5.41, 5.74) is 0. The monoisotopic (exact) mass is 1430 g/mol. The van der Waals surface area contributed by atoms with E-state index >= 15 is 0 Å². The second-order valence-corrected chi connectivity index (χ2v) is 33.1. The largest absolute Gasteiger partial charge is 0.472 e. The first kappa shape index (κ1) is 98.0.